The van der Waals surface area contributed by atoms with E-state index in [1.54, 1.807) is 24.3 Å². The van der Waals surface area contributed by atoms with Crippen molar-refractivity contribution in [2.24, 2.45) is 10.9 Å². The predicted octanol–water partition coefficient (Wildman–Crippen LogP) is 1.38. The van der Waals surface area contributed by atoms with Gasteiger partial charge in [0, 0.05) is 23.8 Å². The van der Waals surface area contributed by atoms with Crippen LogP contribution in [0.25, 0.3) is 0 Å². The molecule has 0 bridgehead atoms. The van der Waals surface area contributed by atoms with Crippen molar-refractivity contribution in [3.63, 3.8) is 0 Å². The Morgan fingerprint density at radius 3 is 2.46 bits per heavy atom. The number of primary sulfonamides is 1. The molecule has 0 fully saturated rings. The molecule has 2 aromatic carbocycles. The maximum absolute atomic E-state index is 11.5. The average molecular weight is 345 g/mol. The number of fused-ring (bicyclic) bond motifs is 1. The molecule has 24 heavy (non-hydrogen) atoms. The van der Waals surface area contributed by atoms with Crippen LogP contribution in [0.1, 0.15) is 28.4 Å². The average Bonchev–Trinajstić information content (AvgIpc) is 2.82. The number of primary amides is 1. The summed E-state index contributed by atoms with van der Waals surface area (Å²) >= 11 is 0. The van der Waals surface area contributed by atoms with Crippen molar-refractivity contribution in [3.05, 3.63) is 59.2 Å². The van der Waals surface area contributed by atoms with Crippen LogP contribution in [-0.2, 0) is 23.0 Å². The minimum atomic E-state index is -3.69. The summed E-state index contributed by atoms with van der Waals surface area (Å²) in [7, 11) is -3.69. The van der Waals surface area contributed by atoms with Gasteiger partial charge in [-0.1, -0.05) is 12.1 Å². The molecule has 126 valence electrons. The van der Waals surface area contributed by atoms with Crippen LogP contribution < -0.4 is 15.8 Å². The third kappa shape index (κ3) is 3.13. The van der Waals surface area contributed by atoms with E-state index in [0.29, 0.717) is 12.1 Å². The number of anilines is 1. The second kappa shape index (κ2) is 5.92. The Hall–Kier alpha value is -2.38. The zero-order valence-corrected chi connectivity index (χ0v) is 14.1. The van der Waals surface area contributed by atoms with E-state index in [-0.39, 0.29) is 10.9 Å². The quantitative estimate of drug-likeness (QED) is 0.873. The first-order chi connectivity index (χ1) is 11.3. The largest absolute Gasteiger partial charge is 0.366 e. The molecule has 1 atom stereocenters. The maximum atomic E-state index is 11.5. The van der Waals surface area contributed by atoms with E-state index in [1.807, 2.05) is 12.1 Å². The molecule has 0 saturated heterocycles. The van der Waals surface area contributed by atoms with Crippen molar-refractivity contribution in [1.29, 1.82) is 0 Å². The Kier molecular flexibility index (Phi) is 4.06. The number of carbonyl (C=O) groups excluding carboxylic acids is 1. The monoisotopic (exact) mass is 345 g/mol. The molecule has 1 aliphatic heterocycles. The van der Waals surface area contributed by atoms with Crippen molar-refractivity contribution >= 4 is 21.6 Å². The first-order valence-corrected chi connectivity index (χ1v) is 9.11. The molecular weight excluding hydrogens is 326 g/mol. The smallest absolute Gasteiger partial charge is 0.248 e. The Bertz CT molecular complexity index is 892. The highest BCUT2D eigenvalue weighted by molar-refractivity contribution is 7.89. The molecule has 0 aliphatic carbocycles. The minimum absolute atomic E-state index is 0.140. The first kappa shape index (κ1) is 16.5. The molecular formula is C17H19N3O3S. The van der Waals surface area contributed by atoms with Crippen LogP contribution in [0.2, 0.25) is 0 Å². The summed E-state index contributed by atoms with van der Waals surface area (Å²) in [6.45, 7) is 2.76. The van der Waals surface area contributed by atoms with Crippen LogP contribution in [0, 0.1) is 0 Å². The summed E-state index contributed by atoms with van der Waals surface area (Å²) in [5.41, 5.74) is 8.77. The van der Waals surface area contributed by atoms with Gasteiger partial charge in [-0.05, 0) is 54.8 Å². The number of rotatable bonds is 4. The summed E-state index contributed by atoms with van der Waals surface area (Å²) in [5.74, 6) is -0.447. The van der Waals surface area contributed by atoms with Gasteiger partial charge in [0.2, 0.25) is 15.9 Å². The molecule has 3 rings (SSSR count). The third-order valence-corrected chi connectivity index (χ3v) is 5.24. The molecule has 0 unspecified atom stereocenters. The van der Waals surface area contributed by atoms with Gasteiger partial charge in [0.15, 0.2) is 0 Å². The number of amides is 1. The zero-order valence-electron chi connectivity index (χ0n) is 13.3. The Labute approximate surface area is 141 Å². The van der Waals surface area contributed by atoms with Gasteiger partial charge in [-0.15, -0.1) is 0 Å². The molecule has 6 nitrogen and oxygen atoms in total. The van der Waals surface area contributed by atoms with Gasteiger partial charge in [-0.2, -0.15) is 0 Å². The minimum Gasteiger partial charge on any atom is -0.366 e. The van der Waals surface area contributed by atoms with E-state index in [4.69, 9.17) is 10.9 Å². The molecule has 1 aliphatic rings. The lowest BCUT2D eigenvalue weighted by Gasteiger charge is -2.25. The van der Waals surface area contributed by atoms with Gasteiger partial charge in [0.1, 0.15) is 0 Å². The number of hydrogen-bond acceptors (Lipinski definition) is 4. The first-order valence-electron chi connectivity index (χ1n) is 7.57. The summed E-state index contributed by atoms with van der Waals surface area (Å²) in [5, 5.41) is 5.20. The molecule has 1 amide bonds. The fourth-order valence-corrected chi connectivity index (χ4v) is 3.62. The summed E-state index contributed by atoms with van der Waals surface area (Å²) in [6.07, 6.45) is 0.762. The normalized spacial score (nSPS) is 16.9. The van der Waals surface area contributed by atoms with Crippen molar-refractivity contribution in [3.8, 4) is 0 Å². The zero-order chi connectivity index (χ0) is 17.5. The number of sulfonamides is 1. The predicted molar refractivity (Wildman–Crippen MR) is 92.1 cm³/mol. The fourth-order valence-electron chi connectivity index (χ4n) is 3.06. The summed E-state index contributed by atoms with van der Waals surface area (Å²) in [6, 6.07) is 12.4. The summed E-state index contributed by atoms with van der Waals surface area (Å²) < 4.78 is 23.0. The number of carbonyl (C=O) groups is 1. The second-order valence-electron chi connectivity index (χ2n) is 6.08. The third-order valence-electron chi connectivity index (χ3n) is 4.33. The van der Waals surface area contributed by atoms with Crippen molar-refractivity contribution in [1.82, 2.24) is 0 Å². The molecule has 1 heterocycles. The molecule has 4 N–H and O–H groups in total. The SMILES string of the molecule is C[C@@H]1Cc2cc(S(N)(=O)=O)ccc2N1Cc1ccc(C(N)=O)cc1. The molecule has 0 saturated carbocycles. The summed E-state index contributed by atoms with van der Waals surface area (Å²) in [4.78, 5) is 13.5. The lowest BCUT2D eigenvalue weighted by Crippen LogP contribution is -2.28. The number of benzene rings is 2. The lowest BCUT2D eigenvalue weighted by molar-refractivity contribution is 0.100. The molecule has 0 radical (unpaired) electrons. The van der Waals surface area contributed by atoms with E-state index in [2.05, 4.69) is 11.8 Å². The topological polar surface area (TPSA) is 106 Å². The van der Waals surface area contributed by atoms with Crippen LogP contribution in [0.5, 0.6) is 0 Å². The highest BCUT2D eigenvalue weighted by atomic mass is 32.2. The number of hydrogen-bond donors (Lipinski definition) is 2. The molecule has 0 aromatic heterocycles. The van der Waals surface area contributed by atoms with Gasteiger partial charge < -0.3 is 10.6 Å². The van der Waals surface area contributed by atoms with E-state index in [1.165, 1.54) is 6.07 Å². The van der Waals surface area contributed by atoms with Gasteiger partial charge in [-0.25, -0.2) is 13.6 Å². The number of nitrogens with two attached hydrogens (primary N) is 2. The van der Waals surface area contributed by atoms with Gasteiger partial charge in [-0.3, -0.25) is 4.79 Å². The Morgan fingerprint density at radius 1 is 1.21 bits per heavy atom. The van der Waals surface area contributed by atoms with Crippen LogP contribution >= 0.6 is 0 Å². The highest BCUT2D eigenvalue weighted by Crippen LogP contribution is 2.34. The van der Waals surface area contributed by atoms with Gasteiger partial charge >= 0.3 is 0 Å². The van der Waals surface area contributed by atoms with Gasteiger partial charge in [0.25, 0.3) is 0 Å². The van der Waals surface area contributed by atoms with Crippen LogP contribution in [0.4, 0.5) is 5.69 Å². The van der Waals surface area contributed by atoms with Crippen LogP contribution in [-0.4, -0.2) is 20.4 Å². The fraction of sp³-hybridized carbons (Fsp3) is 0.235. The highest BCUT2D eigenvalue weighted by Gasteiger charge is 2.27. The van der Waals surface area contributed by atoms with E-state index in [0.717, 1.165) is 23.2 Å². The second-order valence-corrected chi connectivity index (χ2v) is 7.64. The van der Waals surface area contributed by atoms with E-state index < -0.39 is 15.9 Å². The lowest BCUT2D eigenvalue weighted by atomic mass is 10.1. The van der Waals surface area contributed by atoms with Crippen LogP contribution in [0.3, 0.4) is 0 Å². The standard InChI is InChI=1S/C17H19N3O3S/c1-11-8-14-9-15(24(19,22)23)6-7-16(14)20(11)10-12-2-4-13(5-3-12)17(18)21/h2-7,9,11H,8,10H2,1H3,(H2,18,21)(H2,19,22,23)/t11-/m1/s1. The molecule has 2 aromatic rings. The molecule has 0 spiro atoms. The number of nitrogens with zero attached hydrogens (tertiary/aromatic N) is 1. The van der Waals surface area contributed by atoms with Crippen molar-refractivity contribution < 1.29 is 13.2 Å². The Morgan fingerprint density at radius 2 is 1.88 bits per heavy atom. The van der Waals surface area contributed by atoms with Crippen LogP contribution in [0.15, 0.2) is 47.4 Å². The Balaban J connectivity index is 1.87. The maximum Gasteiger partial charge on any atom is 0.248 e. The van der Waals surface area contributed by atoms with E-state index in [9.17, 15) is 13.2 Å². The van der Waals surface area contributed by atoms with Crippen molar-refractivity contribution in [2.75, 3.05) is 4.90 Å². The van der Waals surface area contributed by atoms with Crippen molar-refractivity contribution in [2.45, 2.75) is 30.8 Å². The van der Waals surface area contributed by atoms with Gasteiger partial charge in [0.05, 0.1) is 4.90 Å². The van der Waals surface area contributed by atoms with E-state index >= 15 is 0 Å². The molecule has 7 heteroatoms.